The fourth-order valence-electron chi connectivity index (χ4n) is 3.26. The Hall–Kier alpha value is -1.06. The SMILES string of the molecule is CN=C(NCc1cccc(OCCN(C)C)c1)NC1CN(C(C)C)CC1C.I. The van der Waals surface area contributed by atoms with Gasteiger partial charge in [0.25, 0.3) is 0 Å². The van der Waals surface area contributed by atoms with Crippen LogP contribution in [0.15, 0.2) is 29.3 Å². The average Bonchev–Trinajstić information content (AvgIpc) is 2.99. The van der Waals surface area contributed by atoms with Gasteiger partial charge >= 0.3 is 0 Å². The summed E-state index contributed by atoms with van der Waals surface area (Å²) in [6.07, 6.45) is 0. The molecule has 1 aliphatic heterocycles. The molecule has 1 saturated heterocycles. The number of guanidine groups is 1. The molecule has 1 aromatic rings. The van der Waals surface area contributed by atoms with Crippen LogP contribution in [-0.2, 0) is 6.54 Å². The van der Waals surface area contributed by atoms with Crippen LogP contribution >= 0.6 is 24.0 Å². The van der Waals surface area contributed by atoms with Crippen molar-refractivity contribution >= 4 is 29.9 Å². The minimum Gasteiger partial charge on any atom is -0.492 e. The van der Waals surface area contributed by atoms with Crippen LogP contribution in [0.2, 0.25) is 0 Å². The lowest BCUT2D eigenvalue weighted by atomic mass is 10.1. The van der Waals surface area contributed by atoms with Gasteiger partial charge in [-0.1, -0.05) is 19.1 Å². The third-order valence-electron chi connectivity index (χ3n) is 5.08. The zero-order chi connectivity index (χ0) is 19.8. The number of rotatable bonds is 8. The normalized spacial score (nSPS) is 20.4. The molecule has 1 aromatic carbocycles. The molecule has 1 fully saturated rings. The Bertz CT molecular complexity index is 608. The molecule has 7 heteroatoms. The number of nitrogens with zero attached hydrogens (tertiary/aromatic N) is 3. The predicted octanol–water partition coefficient (Wildman–Crippen LogP) is 2.64. The Labute approximate surface area is 188 Å². The van der Waals surface area contributed by atoms with Gasteiger partial charge in [-0.25, -0.2) is 0 Å². The highest BCUT2D eigenvalue weighted by atomic mass is 127. The number of likely N-dealkylation sites (N-methyl/N-ethyl adjacent to an activating group) is 1. The van der Waals surface area contributed by atoms with E-state index >= 15 is 0 Å². The number of aliphatic imine (C=N–C) groups is 1. The van der Waals surface area contributed by atoms with Crippen molar-refractivity contribution in [1.82, 2.24) is 20.4 Å². The molecule has 6 nitrogen and oxygen atoms in total. The van der Waals surface area contributed by atoms with Crippen molar-refractivity contribution in [3.8, 4) is 5.75 Å². The van der Waals surface area contributed by atoms with Crippen molar-refractivity contribution in [2.24, 2.45) is 10.9 Å². The molecule has 160 valence electrons. The number of benzene rings is 1. The zero-order valence-electron chi connectivity index (χ0n) is 18.2. The van der Waals surface area contributed by atoms with E-state index in [2.05, 4.69) is 58.3 Å². The highest BCUT2D eigenvalue weighted by Gasteiger charge is 2.31. The van der Waals surface area contributed by atoms with E-state index < -0.39 is 0 Å². The number of hydrogen-bond donors (Lipinski definition) is 2. The molecular weight excluding hydrogens is 465 g/mol. The van der Waals surface area contributed by atoms with E-state index in [9.17, 15) is 0 Å². The van der Waals surface area contributed by atoms with Crippen LogP contribution in [-0.4, -0.2) is 75.2 Å². The van der Waals surface area contributed by atoms with Gasteiger partial charge in [-0.05, 0) is 51.6 Å². The zero-order valence-corrected chi connectivity index (χ0v) is 20.6. The van der Waals surface area contributed by atoms with Gasteiger partial charge in [-0.2, -0.15) is 0 Å². The van der Waals surface area contributed by atoms with Crippen molar-refractivity contribution in [2.45, 2.75) is 39.4 Å². The summed E-state index contributed by atoms with van der Waals surface area (Å²) >= 11 is 0. The molecule has 2 rings (SSSR count). The Morgan fingerprint density at radius 3 is 2.68 bits per heavy atom. The molecule has 0 radical (unpaired) electrons. The molecule has 2 unspecified atom stereocenters. The van der Waals surface area contributed by atoms with E-state index in [-0.39, 0.29) is 24.0 Å². The average molecular weight is 503 g/mol. The summed E-state index contributed by atoms with van der Waals surface area (Å²) in [4.78, 5) is 9.04. The summed E-state index contributed by atoms with van der Waals surface area (Å²) in [6.45, 7) is 11.4. The van der Waals surface area contributed by atoms with Crippen molar-refractivity contribution < 1.29 is 4.74 Å². The highest BCUT2D eigenvalue weighted by molar-refractivity contribution is 14.0. The molecule has 2 N–H and O–H groups in total. The van der Waals surface area contributed by atoms with Crippen LogP contribution in [0.3, 0.4) is 0 Å². The lowest BCUT2D eigenvalue weighted by molar-refractivity contribution is 0.261. The molecule has 1 aliphatic rings. The number of halogens is 1. The second kappa shape index (κ2) is 12.5. The van der Waals surface area contributed by atoms with Crippen molar-refractivity contribution in [3.05, 3.63) is 29.8 Å². The van der Waals surface area contributed by atoms with E-state index in [1.54, 1.807) is 0 Å². The quantitative estimate of drug-likeness (QED) is 0.325. The Kier molecular flexibility index (Phi) is 11.1. The third-order valence-corrected chi connectivity index (χ3v) is 5.08. The minimum absolute atomic E-state index is 0. The van der Waals surface area contributed by atoms with Crippen LogP contribution in [0.4, 0.5) is 0 Å². The molecule has 1 heterocycles. The highest BCUT2D eigenvalue weighted by Crippen LogP contribution is 2.18. The first kappa shape index (κ1) is 25.0. The molecule has 28 heavy (non-hydrogen) atoms. The Balaban J connectivity index is 0.00000392. The molecule has 0 aliphatic carbocycles. The lowest BCUT2D eigenvalue weighted by Gasteiger charge is -2.22. The van der Waals surface area contributed by atoms with Gasteiger partial charge in [0, 0.05) is 45.3 Å². The number of hydrogen-bond acceptors (Lipinski definition) is 4. The maximum Gasteiger partial charge on any atom is 0.191 e. The minimum atomic E-state index is 0. The van der Waals surface area contributed by atoms with Crippen molar-refractivity contribution in [2.75, 3.05) is 47.4 Å². The van der Waals surface area contributed by atoms with E-state index in [4.69, 9.17) is 4.74 Å². The fraction of sp³-hybridized carbons (Fsp3) is 0.667. The molecule has 0 amide bonds. The summed E-state index contributed by atoms with van der Waals surface area (Å²) in [6, 6.07) is 9.26. The van der Waals surface area contributed by atoms with Crippen LogP contribution in [0.1, 0.15) is 26.3 Å². The van der Waals surface area contributed by atoms with Crippen LogP contribution in [0, 0.1) is 5.92 Å². The first-order chi connectivity index (χ1) is 12.9. The van der Waals surface area contributed by atoms with Crippen molar-refractivity contribution in [1.29, 1.82) is 0 Å². The molecule has 0 aromatic heterocycles. The van der Waals surface area contributed by atoms with E-state index in [0.717, 1.165) is 37.9 Å². The van der Waals surface area contributed by atoms with Gasteiger partial charge in [0.1, 0.15) is 12.4 Å². The number of nitrogens with one attached hydrogen (secondary N) is 2. The fourth-order valence-corrected chi connectivity index (χ4v) is 3.26. The summed E-state index contributed by atoms with van der Waals surface area (Å²) in [5.74, 6) is 2.38. The van der Waals surface area contributed by atoms with Crippen LogP contribution in [0.5, 0.6) is 5.75 Å². The smallest absolute Gasteiger partial charge is 0.191 e. The van der Waals surface area contributed by atoms with Crippen molar-refractivity contribution in [3.63, 3.8) is 0 Å². The second-order valence-electron chi connectivity index (χ2n) is 8.00. The predicted molar refractivity (Wildman–Crippen MR) is 129 cm³/mol. The standard InChI is InChI=1S/C21H37N5O.HI/c1-16(2)26-14-17(3)20(15-26)24-21(22-4)23-13-18-8-7-9-19(12-18)27-11-10-25(5)6;/h7-9,12,16-17,20H,10-11,13-15H2,1-6H3,(H2,22,23,24);1H. The maximum absolute atomic E-state index is 5.83. The van der Waals surface area contributed by atoms with Gasteiger partial charge in [-0.15, -0.1) is 24.0 Å². The van der Waals surface area contributed by atoms with E-state index in [1.165, 1.54) is 5.56 Å². The Morgan fingerprint density at radius 1 is 1.32 bits per heavy atom. The lowest BCUT2D eigenvalue weighted by Crippen LogP contribution is -2.46. The largest absolute Gasteiger partial charge is 0.492 e. The van der Waals surface area contributed by atoms with Gasteiger partial charge in [0.05, 0.1) is 0 Å². The molecule has 0 bridgehead atoms. The van der Waals surface area contributed by atoms with Gasteiger partial charge in [-0.3, -0.25) is 9.89 Å². The van der Waals surface area contributed by atoms with E-state index in [0.29, 0.717) is 24.6 Å². The molecule has 0 spiro atoms. The van der Waals surface area contributed by atoms with Gasteiger partial charge in [0.2, 0.25) is 0 Å². The summed E-state index contributed by atoms with van der Waals surface area (Å²) in [5, 5.41) is 7.03. The Morgan fingerprint density at radius 2 is 2.07 bits per heavy atom. The summed E-state index contributed by atoms with van der Waals surface area (Å²) in [7, 11) is 5.93. The third kappa shape index (κ3) is 8.13. The topological polar surface area (TPSA) is 52.1 Å². The molecule has 0 saturated carbocycles. The molecule has 2 atom stereocenters. The first-order valence-corrected chi connectivity index (χ1v) is 9.96. The van der Waals surface area contributed by atoms with Crippen LogP contribution in [0.25, 0.3) is 0 Å². The first-order valence-electron chi connectivity index (χ1n) is 9.96. The summed E-state index contributed by atoms with van der Waals surface area (Å²) in [5.41, 5.74) is 1.18. The van der Waals surface area contributed by atoms with Gasteiger partial charge < -0.3 is 20.3 Å². The monoisotopic (exact) mass is 503 g/mol. The summed E-state index contributed by atoms with van der Waals surface area (Å²) < 4.78 is 5.83. The molecular formula is C21H38IN5O. The van der Waals surface area contributed by atoms with E-state index in [1.807, 2.05) is 33.3 Å². The van der Waals surface area contributed by atoms with Gasteiger partial charge in [0.15, 0.2) is 5.96 Å². The number of likely N-dealkylation sites (tertiary alicyclic amines) is 1. The second-order valence-corrected chi connectivity index (χ2v) is 8.00. The number of ether oxygens (including phenoxy) is 1. The maximum atomic E-state index is 5.83. The van der Waals surface area contributed by atoms with Crippen LogP contribution < -0.4 is 15.4 Å².